The summed E-state index contributed by atoms with van der Waals surface area (Å²) in [7, 11) is -8.34. The van der Waals surface area contributed by atoms with Gasteiger partial charge in [-0.3, -0.25) is 18.0 Å². The van der Waals surface area contributed by atoms with Crippen molar-refractivity contribution in [2.45, 2.75) is 112 Å². The van der Waals surface area contributed by atoms with Gasteiger partial charge in [0.2, 0.25) is 11.8 Å². The quantitative estimate of drug-likeness (QED) is 0.119. The van der Waals surface area contributed by atoms with Gasteiger partial charge in [-0.2, -0.15) is 16.8 Å². The van der Waals surface area contributed by atoms with Crippen molar-refractivity contribution in [3.05, 3.63) is 71.8 Å². The fourth-order valence-corrected chi connectivity index (χ4v) is 7.46. The van der Waals surface area contributed by atoms with Gasteiger partial charge < -0.3 is 30.7 Å². The van der Waals surface area contributed by atoms with Crippen molar-refractivity contribution in [2.75, 3.05) is 37.8 Å². The number of carbonyl (C=O) groups excluding carboxylic acids is 4. The largest absolute Gasteiger partial charge is 0.444 e. The van der Waals surface area contributed by atoms with Crippen LogP contribution in [0.1, 0.15) is 86.8 Å². The van der Waals surface area contributed by atoms with Crippen LogP contribution in [0.15, 0.2) is 60.7 Å². The summed E-state index contributed by atoms with van der Waals surface area (Å²) >= 11 is 0. The molecule has 4 amide bonds. The van der Waals surface area contributed by atoms with E-state index < -0.39 is 89.9 Å². The Morgan fingerprint density at radius 1 is 0.542 bits per heavy atom. The molecule has 0 radical (unpaired) electrons. The van der Waals surface area contributed by atoms with Crippen molar-refractivity contribution in [2.24, 2.45) is 10.8 Å². The first-order valence-electron chi connectivity index (χ1n) is 19.4. The highest BCUT2D eigenvalue weighted by molar-refractivity contribution is 7.87. The third-order valence-electron chi connectivity index (χ3n) is 8.11. The van der Waals surface area contributed by atoms with E-state index in [0.29, 0.717) is 0 Å². The maximum absolute atomic E-state index is 13.2. The van der Waals surface area contributed by atoms with Crippen LogP contribution in [-0.2, 0) is 60.5 Å². The molecule has 16 nitrogen and oxygen atoms in total. The second-order valence-corrected chi connectivity index (χ2v) is 21.5. The molecule has 332 valence electrons. The average molecular weight is 869 g/mol. The highest BCUT2D eigenvalue weighted by atomic mass is 32.2. The Balaban J connectivity index is 1.87. The summed E-state index contributed by atoms with van der Waals surface area (Å²) in [5.41, 5.74) is -1.72. The van der Waals surface area contributed by atoms with Gasteiger partial charge in [0.25, 0.3) is 20.2 Å². The van der Waals surface area contributed by atoms with E-state index in [9.17, 15) is 36.0 Å². The molecule has 0 aliphatic rings. The van der Waals surface area contributed by atoms with E-state index in [0.717, 1.165) is 11.1 Å². The SMILES string of the molecule is CC(C)(CNC(=O)C(Cc1ccccc1)NC(=O)OC(C)(C)C)COS(=O)(=O)CCCS(=O)(=O)OCC(C)(C)CNC(=O)C(Cc1ccccc1)NC(=O)OC(C)(C)C. The molecule has 0 fully saturated rings. The molecule has 0 aromatic heterocycles. The lowest BCUT2D eigenvalue weighted by Gasteiger charge is -2.27. The molecule has 0 aliphatic heterocycles. The van der Waals surface area contributed by atoms with E-state index in [-0.39, 0.29) is 45.6 Å². The van der Waals surface area contributed by atoms with E-state index in [2.05, 4.69) is 21.3 Å². The molecule has 0 saturated carbocycles. The topological polar surface area (TPSA) is 222 Å². The third-order valence-corrected chi connectivity index (χ3v) is 10.6. The number of nitrogens with one attached hydrogen (secondary N) is 4. The summed E-state index contributed by atoms with van der Waals surface area (Å²) in [5, 5.41) is 10.7. The number of rotatable bonds is 22. The van der Waals surface area contributed by atoms with Crippen LogP contribution in [-0.4, -0.2) is 102 Å². The minimum Gasteiger partial charge on any atom is -0.444 e. The van der Waals surface area contributed by atoms with Crippen LogP contribution in [0.3, 0.4) is 0 Å². The molecule has 0 bridgehead atoms. The molecular formula is C41H64N4O12S2. The van der Waals surface area contributed by atoms with Gasteiger partial charge in [-0.15, -0.1) is 0 Å². The van der Waals surface area contributed by atoms with Crippen LogP contribution < -0.4 is 21.3 Å². The predicted molar refractivity (Wildman–Crippen MR) is 224 cm³/mol. The highest BCUT2D eigenvalue weighted by Gasteiger charge is 2.30. The van der Waals surface area contributed by atoms with Gasteiger partial charge >= 0.3 is 12.2 Å². The van der Waals surface area contributed by atoms with Gasteiger partial charge in [-0.05, 0) is 59.1 Å². The molecule has 2 rings (SSSR count). The fourth-order valence-electron chi connectivity index (χ4n) is 5.05. The van der Waals surface area contributed by atoms with Crippen molar-refractivity contribution < 1.29 is 53.9 Å². The summed E-state index contributed by atoms with van der Waals surface area (Å²) in [6, 6.07) is 16.2. The number of ether oxygens (including phenoxy) is 2. The van der Waals surface area contributed by atoms with Gasteiger partial charge in [0, 0.05) is 36.8 Å². The van der Waals surface area contributed by atoms with Crippen LogP contribution in [0.2, 0.25) is 0 Å². The number of amides is 4. The minimum atomic E-state index is -4.17. The summed E-state index contributed by atoms with van der Waals surface area (Å²) in [5.74, 6) is -2.23. The lowest BCUT2D eigenvalue weighted by molar-refractivity contribution is -0.124. The summed E-state index contributed by atoms with van der Waals surface area (Å²) < 4.78 is 72.0. The van der Waals surface area contributed by atoms with Gasteiger partial charge in [0.1, 0.15) is 23.3 Å². The second kappa shape index (κ2) is 21.8. The van der Waals surface area contributed by atoms with E-state index in [1.54, 1.807) is 69.2 Å². The Labute approximate surface area is 350 Å². The van der Waals surface area contributed by atoms with Crippen molar-refractivity contribution >= 4 is 44.2 Å². The first-order chi connectivity index (χ1) is 27.0. The van der Waals surface area contributed by atoms with E-state index in [1.807, 2.05) is 60.7 Å². The third kappa shape index (κ3) is 22.6. The zero-order valence-corrected chi connectivity index (χ0v) is 37.6. The molecule has 2 unspecified atom stereocenters. The van der Waals surface area contributed by atoms with Crippen molar-refractivity contribution in [3.8, 4) is 0 Å². The van der Waals surface area contributed by atoms with Crippen LogP contribution in [0, 0.1) is 10.8 Å². The molecular weight excluding hydrogens is 805 g/mol. The standard InChI is InChI=1S/C41H64N4O12S2/c1-38(2,3)56-36(48)44-32(24-30-18-13-11-14-19-30)34(46)42-26-40(7,8)28-54-58(50,51)22-17-23-59(52,53)55-29-41(9,10)27-43-35(47)33(25-31-20-15-12-16-21-31)45-37(49)57-39(4,5)6/h11-16,18-21,32-33H,17,22-29H2,1-10H3,(H,42,46)(H,43,47)(H,44,48)(H,45,49). The monoisotopic (exact) mass is 868 g/mol. The highest BCUT2D eigenvalue weighted by Crippen LogP contribution is 2.19. The van der Waals surface area contributed by atoms with Crippen LogP contribution in [0.5, 0.6) is 0 Å². The number of hydrogen-bond donors (Lipinski definition) is 4. The first kappa shape index (κ1) is 50.9. The Hall–Kier alpha value is -4.26. The lowest BCUT2D eigenvalue weighted by atomic mass is 9.94. The zero-order valence-electron chi connectivity index (χ0n) is 36.0. The summed E-state index contributed by atoms with van der Waals surface area (Å²) in [4.78, 5) is 51.5. The fraction of sp³-hybridized carbons (Fsp3) is 0.610. The Kier molecular flexibility index (Phi) is 18.8. The lowest BCUT2D eigenvalue weighted by Crippen LogP contribution is -2.51. The minimum absolute atomic E-state index is 0.00492. The Morgan fingerprint density at radius 2 is 0.864 bits per heavy atom. The van der Waals surface area contributed by atoms with Crippen molar-refractivity contribution in [1.82, 2.24) is 21.3 Å². The number of hydrogen-bond acceptors (Lipinski definition) is 12. The number of carbonyl (C=O) groups is 4. The molecule has 2 aromatic rings. The molecule has 2 atom stereocenters. The molecule has 2 aromatic carbocycles. The molecule has 0 spiro atoms. The normalized spacial score (nSPS) is 13.7. The smallest absolute Gasteiger partial charge is 0.408 e. The second-order valence-electron chi connectivity index (χ2n) is 17.9. The molecule has 0 heterocycles. The van der Waals surface area contributed by atoms with Gasteiger partial charge in [-0.25, -0.2) is 9.59 Å². The summed E-state index contributed by atoms with van der Waals surface area (Å²) in [6.45, 7) is 16.3. The summed E-state index contributed by atoms with van der Waals surface area (Å²) in [6.07, 6.45) is -1.47. The van der Waals surface area contributed by atoms with Crippen LogP contribution >= 0.6 is 0 Å². The predicted octanol–water partition coefficient (Wildman–Crippen LogP) is 4.63. The van der Waals surface area contributed by atoms with Crippen LogP contribution in [0.25, 0.3) is 0 Å². The number of benzene rings is 2. The van der Waals surface area contributed by atoms with E-state index >= 15 is 0 Å². The molecule has 18 heteroatoms. The molecule has 59 heavy (non-hydrogen) atoms. The zero-order chi connectivity index (χ0) is 44.7. The maximum Gasteiger partial charge on any atom is 0.408 e. The van der Waals surface area contributed by atoms with E-state index in [1.165, 1.54) is 0 Å². The van der Waals surface area contributed by atoms with E-state index in [4.69, 9.17) is 17.8 Å². The molecule has 0 aliphatic carbocycles. The van der Waals surface area contributed by atoms with Crippen molar-refractivity contribution in [3.63, 3.8) is 0 Å². The van der Waals surface area contributed by atoms with Crippen LogP contribution in [0.4, 0.5) is 9.59 Å². The van der Waals surface area contributed by atoms with Gasteiger partial charge in [0.15, 0.2) is 0 Å². The Morgan fingerprint density at radius 3 is 1.17 bits per heavy atom. The Bertz CT molecular complexity index is 1760. The maximum atomic E-state index is 13.2. The van der Waals surface area contributed by atoms with Gasteiger partial charge in [0.05, 0.1) is 24.7 Å². The average Bonchev–Trinajstić information content (AvgIpc) is 3.10. The van der Waals surface area contributed by atoms with Gasteiger partial charge in [-0.1, -0.05) is 88.4 Å². The molecule has 4 N–H and O–H groups in total. The number of alkyl carbamates (subject to hydrolysis) is 2. The molecule has 0 saturated heterocycles. The van der Waals surface area contributed by atoms with Crippen molar-refractivity contribution in [1.29, 1.82) is 0 Å². The first-order valence-corrected chi connectivity index (χ1v) is 22.6.